The average molecular weight is 475 g/mol. The van der Waals surface area contributed by atoms with E-state index in [0.29, 0.717) is 29.4 Å². The highest BCUT2D eigenvalue weighted by molar-refractivity contribution is 5.99. The lowest BCUT2D eigenvalue weighted by atomic mass is 9.91. The molecule has 6 nitrogen and oxygen atoms in total. The SMILES string of the molecule is O=C1NCc2nc(-c3c(F)cccc3F)nc(Cc3ccc([C@@H]4CCN(C5CCC5)C4=O)cc3)c21. The Morgan fingerprint density at radius 2 is 1.69 bits per heavy atom. The van der Waals surface area contributed by atoms with Gasteiger partial charge in [0.15, 0.2) is 5.82 Å². The first-order valence-corrected chi connectivity index (χ1v) is 12.0. The monoisotopic (exact) mass is 474 g/mol. The van der Waals surface area contributed by atoms with Crippen LogP contribution in [0.1, 0.15) is 64.5 Å². The maximum absolute atomic E-state index is 14.4. The van der Waals surface area contributed by atoms with E-state index in [4.69, 9.17) is 0 Å². The van der Waals surface area contributed by atoms with Crippen LogP contribution in [0.5, 0.6) is 0 Å². The summed E-state index contributed by atoms with van der Waals surface area (Å²) < 4.78 is 28.8. The van der Waals surface area contributed by atoms with E-state index >= 15 is 0 Å². The first-order valence-electron chi connectivity index (χ1n) is 12.0. The molecule has 0 unspecified atom stereocenters. The minimum atomic E-state index is -0.755. The quantitative estimate of drug-likeness (QED) is 0.604. The van der Waals surface area contributed by atoms with Crippen molar-refractivity contribution in [2.45, 2.75) is 50.6 Å². The maximum atomic E-state index is 14.4. The number of amides is 2. The van der Waals surface area contributed by atoms with Crippen LogP contribution >= 0.6 is 0 Å². The van der Waals surface area contributed by atoms with Crippen molar-refractivity contribution < 1.29 is 18.4 Å². The summed E-state index contributed by atoms with van der Waals surface area (Å²) in [5, 5.41) is 2.72. The van der Waals surface area contributed by atoms with Gasteiger partial charge in [0.25, 0.3) is 5.91 Å². The Kier molecular flexibility index (Phi) is 5.31. The third-order valence-corrected chi connectivity index (χ3v) is 7.40. The van der Waals surface area contributed by atoms with Crippen LogP contribution in [0.2, 0.25) is 0 Å². The van der Waals surface area contributed by atoms with Gasteiger partial charge in [-0.1, -0.05) is 30.3 Å². The van der Waals surface area contributed by atoms with Crippen LogP contribution in [0.3, 0.4) is 0 Å². The van der Waals surface area contributed by atoms with Gasteiger partial charge in [-0.05, 0) is 48.9 Å². The Hall–Kier alpha value is -3.68. The molecule has 0 spiro atoms. The minimum Gasteiger partial charge on any atom is -0.346 e. The molecule has 3 heterocycles. The number of benzene rings is 2. The molecular weight excluding hydrogens is 450 g/mol. The fourth-order valence-electron chi connectivity index (χ4n) is 5.29. The summed E-state index contributed by atoms with van der Waals surface area (Å²) in [6, 6.07) is 11.8. The van der Waals surface area contributed by atoms with Crippen molar-refractivity contribution in [1.29, 1.82) is 0 Å². The van der Waals surface area contributed by atoms with Crippen LogP contribution in [-0.4, -0.2) is 39.3 Å². The fraction of sp³-hybridized carbons (Fsp3) is 0.333. The lowest BCUT2D eigenvalue weighted by Gasteiger charge is -2.34. The number of rotatable bonds is 5. The van der Waals surface area contributed by atoms with Crippen LogP contribution in [0, 0.1) is 11.6 Å². The molecule has 2 fully saturated rings. The zero-order chi connectivity index (χ0) is 24.1. The topological polar surface area (TPSA) is 75.2 Å². The highest BCUT2D eigenvalue weighted by Crippen LogP contribution is 2.35. The molecule has 1 aliphatic carbocycles. The molecule has 35 heavy (non-hydrogen) atoms. The predicted molar refractivity (Wildman–Crippen MR) is 125 cm³/mol. The molecule has 8 heteroatoms. The summed E-state index contributed by atoms with van der Waals surface area (Å²) in [5.74, 6) is -1.78. The summed E-state index contributed by atoms with van der Waals surface area (Å²) in [6.07, 6.45) is 4.53. The van der Waals surface area contributed by atoms with Crippen molar-refractivity contribution in [2.75, 3.05) is 6.54 Å². The number of carbonyl (C=O) groups is 2. The van der Waals surface area contributed by atoms with Crippen molar-refractivity contribution in [3.05, 3.63) is 82.2 Å². The van der Waals surface area contributed by atoms with Crippen molar-refractivity contribution in [2.24, 2.45) is 0 Å². The van der Waals surface area contributed by atoms with Gasteiger partial charge < -0.3 is 10.2 Å². The lowest BCUT2D eigenvalue weighted by Crippen LogP contribution is -2.41. The normalized spacial score (nSPS) is 19.6. The number of likely N-dealkylation sites (tertiary alicyclic amines) is 1. The number of halogens is 2. The summed E-state index contributed by atoms with van der Waals surface area (Å²) >= 11 is 0. The first kappa shape index (κ1) is 21.8. The molecule has 2 aromatic carbocycles. The molecule has 0 bridgehead atoms. The number of nitrogens with zero attached hydrogens (tertiary/aromatic N) is 3. The van der Waals surface area contributed by atoms with E-state index in [-0.39, 0.29) is 35.7 Å². The zero-order valence-electron chi connectivity index (χ0n) is 19.1. The molecule has 3 aliphatic rings. The van der Waals surface area contributed by atoms with E-state index < -0.39 is 11.6 Å². The van der Waals surface area contributed by atoms with Gasteiger partial charge in [-0.25, -0.2) is 18.7 Å². The van der Waals surface area contributed by atoms with Crippen LogP contribution in [-0.2, 0) is 17.8 Å². The van der Waals surface area contributed by atoms with Crippen molar-refractivity contribution >= 4 is 11.8 Å². The number of hydrogen-bond acceptors (Lipinski definition) is 4. The molecule has 6 rings (SSSR count). The van der Waals surface area contributed by atoms with Crippen molar-refractivity contribution in [1.82, 2.24) is 20.2 Å². The second kappa shape index (κ2) is 8.52. The predicted octanol–water partition coefficient (Wildman–Crippen LogP) is 4.12. The summed E-state index contributed by atoms with van der Waals surface area (Å²) in [6.45, 7) is 1.00. The third kappa shape index (κ3) is 3.77. The molecule has 3 aromatic rings. The Morgan fingerprint density at radius 1 is 0.943 bits per heavy atom. The molecule has 1 N–H and O–H groups in total. The summed E-state index contributed by atoms with van der Waals surface area (Å²) in [5.41, 5.74) is 2.78. The van der Waals surface area contributed by atoms with Crippen molar-refractivity contribution in [3.8, 4) is 11.4 Å². The summed E-state index contributed by atoms with van der Waals surface area (Å²) in [7, 11) is 0. The summed E-state index contributed by atoms with van der Waals surface area (Å²) in [4.78, 5) is 36.1. The molecule has 2 aliphatic heterocycles. The molecule has 1 saturated heterocycles. The van der Waals surface area contributed by atoms with Crippen molar-refractivity contribution in [3.63, 3.8) is 0 Å². The van der Waals surface area contributed by atoms with E-state index in [1.165, 1.54) is 12.5 Å². The Morgan fingerprint density at radius 3 is 2.37 bits per heavy atom. The molecule has 1 atom stereocenters. The molecule has 0 radical (unpaired) electrons. The molecule has 1 saturated carbocycles. The van der Waals surface area contributed by atoms with Gasteiger partial charge >= 0.3 is 0 Å². The zero-order valence-corrected chi connectivity index (χ0v) is 19.1. The van der Waals surface area contributed by atoms with Gasteiger partial charge in [0, 0.05) is 19.0 Å². The van der Waals surface area contributed by atoms with E-state index in [9.17, 15) is 18.4 Å². The Labute approximate surface area is 201 Å². The Balaban J connectivity index is 1.29. The van der Waals surface area contributed by atoms with Gasteiger partial charge in [0.05, 0.1) is 35.0 Å². The molecular formula is C27H24F2N4O2. The number of nitrogens with one attached hydrogen (secondary N) is 1. The Bertz CT molecular complexity index is 1320. The number of fused-ring (bicyclic) bond motifs is 1. The number of hydrogen-bond donors (Lipinski definition) is 1. The van der Waals surface area contributed by atoms with Crippen LogP contribution in [0.15, 0.2) is 42.5 Å². The minimum absolute atomic E-state index is 0.0740. The molecule has 178 valence electrons. The van der Waals surface area contributed by atoms with Crippen LogP contribution < -0.4 is 5.32 Å². The van der Waals surface area contributed by atoms with E-state index in [0.717, 1.165) is 49.1 Å². The van der Waals surface area contributed by atoms with Crippen LogP contribution in [0.4, 0.5) is 8.78 Å². The first-order chi connectivity index (χ1) is 17.0. The van der Waals surface area contributed by atoms with E-state index in [1.807, 2.05) is 29.2 Å². The highest BCUT2D eigenvalue weighted by Gasteiger charge is 2.38. The third-order valence-electron chi connectivity index (χ3n) is 7.40. The number of carbonyl (C=O) groups excluding carboxylic acids is 2. The van der Waals surface area contributed by atoms with Gasteiger partial charge in [-0.15, -0.1) is 0 Å². The molecule has 2 amide bonds. The second-order valence-electron chi connectivity index (χ2n) is 9.47. The van der Waals surface area contributed by atoms with Gasteiger partial charge in [-0.2, -0.15) is 0 Å². The standard InChI is InChI=1S/C27H24F2N4O2/c28-19-5-2-6-20(29)23(19)25-31-21(24-22(32-25)14-30-26(24)34)13-15-7-9-16(10-8-15)18-11-12-33(27(18)35)17-3-1-4-17/h2,5-10,17-18H,1,3-4,11-14H2,(H,30,34)/t18-/m0/s1. The fourth-order valence-corrected chi connectivity index (χ4v) is 5.29. The van der Waals surface area contributed by atoms with Crippen LogP contribution in [0.25, 0.3) is 11.4 Å². The lowest BCUT2D eigenvalue weighted by molar-refractivity contribution is -0.132. The highest BCUT2D eigenvalue weighted by atomic mass is 19.1. The van der Waals surface area contributed by atoms with E-state index in [1.54, 1.807) is 0 Å². The van der Waals surface area contributed by atoms with Gasteiger partial charge in [0.1, 0.15) is 11.6 Å². The van der Waals surface area contributed by atoms with E-state index in [2.05, 4.69) is 15.3 Å². The molecule has 1 aromatic heterocycles. The smallest absolute Gasteiger partial charge is 0.255 e. The second-order valence-corrected chi connectivity index (χ2v) is 9.47. The number of aromatic nitrogens is 2. The van der Waals surface area contributed by atoms with Gasteiger partial charge in [-0.3, -0.25) is 9.59 Å². The van der Waals surface area contributed by atoms with Gasteiger partial charge in [0.2, 0.25) is 5.91 Å². The average Bonchev–Trinajstić information content (AvgIpc) is 3.36. The largest absolute Gasteiger partial charge is 0.346 e. The maximum Gasteiger partial charge on any atom is 0.255 e.